The van der Waals surface area contributed by atoms with Crippen molar-refractivity contribution in [1.82, 2.24) is 4.98 Å². The molecule has 2 aromatic carbocycles. The Hall–Kier alpha value is -2.44. The fourth-order valence-corrected chi connectivity index (χ4v) is 3.30. The van der Waals surface area contributed by atoms with Crippen LogP contribution in [0.25, 0.3) is 0 Å². The Labute approximate surface area is 153 Å². The lowest BCUT2D eigenvalue weighted by molar-refractivity contribution is 0.102. The molecule has 0 atom stereocenters. The number of nitrogens with one attached hydrogen (secondary N) is 2. The first-order chi connectivity index (χ1) is 11.9. The van der Waals surface area contributed by atoms with Crippen molar-refractivity contribution in [3.63, 3.8) is 0 Å². The molecule has 0 spiro atoms. The van der Waals surface area contributed by atoms with Gasteiger partial charge in [0.1, 0.15) is 10.7 Å². The number of hydrogen-bond donors (Lipinski definition) is 2. The van der Waals surface area contributed by atoms with E-state index in [1.807, 2.05) is 6.92 Å². The molecule has 0 aliphatic carbocycles. The fourth-order valence-electron chi connectivity index (χ4n) is 2.24. The van der Waals surface area contributed by atoms with E-state index in [0.717, 1.165) is 5.56 Å². The lowest BCUT2D eigenvalue weighted by atomic mass is 10.2. The number of aromatic nitrogens is 1. The van der Waals surface area contributed by atoms with Gasteiger partial charge >= 0.3 is 0 Å². The Bertz CT molecular complexity index is 925. The molecule has 0 radical (unpaired) electrons. The van der Waals surface area contributed by atoms with Crippen molar-refractivity contribution in [3.05, 3.63) is 69.4 Å². The highest BCUT2D eigenvalue weighted by Gasteiger charge is 2.17. The van der Waals surface area contributed by atoms with E-state index >= 15 is 0 Å². The maximum atomic E-state index is 13.0. The van der Waals surface area contributed by atoms with Crippen LogP contribution in [-0.4, -0.2) is 10.9 Å². The van der Waals surface area contributed by atoms with Crippen LogP contribution in [-0.2, 0) is 0 Å². The topological polar surface area (TPSA) is 54.0 Å². The number of benzene rings is 2. The van der Waals surface area contributed by atoms with E-state index in [-0.39, 0.29) is 11.7 Å². The molecule has 1 heterocycles. The van der Waals surface area contributed by atoms with Crippen molar-refractivity contribution >= 4 is 45.4 Å². The van der Waals surface area contributed by atoms with Gasteiger partial charge in [-0.1, -0.05) is 29.0 Å². The number of rotatable bonds is 4. The number of carbonyl (C=O) groups is 1. The predicted octanol–water partition coefficient (Wildman–Crippen LogP) is 5.55. The standard InChI is InChI=1S/C18H15ClFN3OS/c1-10-14(19)4-3-5-15(10)23-17(24)16-11(2)21-18(25-16)22-13-8-6-12(20)7-9-13/h3-9H,1-2H3,(H,21,22)(H,23,24). The van der Waals surface area contributed by atoms with Gasteiger partial charge in [0.2, 0.25) is 0 Å². The van der Waals surface area contributed by atoms with Crippen LogP contribution in [0, 0.1) is 19.7 Å². The van der Waals surface area contributed by atoms with Gasteiger partial charge in [0.25, 0.3) is 5.91 Å². The van der Waals surface area contributed by atoms with Gasteiger partial charge in [0.15, 0.2) is 5.13 Å². The normalized spacial score (nSPS) is 10.6. The number of amides is 1. The van der Waals surface area contributed by atoms with E-state index in [4.69, 9.17) is 11.6 Å². The summed E-state index contributed by atoms with van der Waals surface area (Å²) in [5.41, 5.74) is 2.79. The lowest BCUT2D eigenvalue weighted by Gasteiger charge is -2.08. The molecule has 3 rings (SSSR count). The van der Waals surface area contributed by atoms with E-state index in [1.165, 1.54) is 23.5 Å². The van der Waals surface area contributed by atoms with Crippen molar-refractivity contribution in [3.8, 4) is 0 Å². The average molecular weight is 376 g/mol. The number of carbonyl (C=O) groups excluding carboxylic acids is 1. The summed E-state index contributed by atoms with van der Waals surface area (Å²) < 4.78 is 13.0. The molecule has 0 aliphatic rings. The first-order valence-corrected chi connectivity index (χ1v) is 8.70. The third kappa shape index (κ3) is 3.97. The van der Waals surface area contributed by atoms with Crippen molar-refractivity contribution in [2.24, 2.45) is 0 Å². The van der Waals surface area contributed by atoms with Gasteiger partial charge in [0.05, 0.1) is 5.69 Å². The number of hydrogen-bond acceptors (Lipinski definition) is 4. The number of thiazole rings is 1. The Morgan fingerprint density at radius 3 is 2.60 bits per heavy atom. The average Bonchev–Trinajstić information content (AvgIpc) is 2.94. The molecule has 1 aromatic heterocycles. The van der Waals surface area contributed by atoms with Gasteiger partial charge in [-0.15, -0.1) is 0 Å². The second kappa shape index (κ2) is 7.21. The largest absolute Gasteiger partial charge is 0.332 e. The van der Waals surface area contributed by atoms with E-state index in [0.29, 0.717) is 32.1 Å². The minimum atomic E-state index is -0.308. The summed E-state index contributed by atoms with van der Waals surface area (Å²) >= 11 is 7.32. The van der Waals surface area contributed by atoms with Gasteiger partial charge in [0, 0.05) is 16.4 Å². The van der Waals surface area contributed by atoms with Gasteiger partial charge in [-0.05, 0) is 55.8 Å². The highest BCUT2D eigenvalue weighted by Crippen LogP contribution is 2.28. The molecule has 0 aliphatic heterocycles. The SMILES string of the molecule is Cc1nc(Nc2ccc(F)cc2)sc1C(=O)Nc1cccc(Cl)c1C. The van der Waals surface area contributed by atoms with Crippen LogP contribution < -0.4 is 10.6 Å². The predicted molar refractivity (Wildman–Crippen MR) is 101 cm³/mol. The number of nitrogens with zero attached hydrogens (tertiary/aromatic N) is 1. The van der Waals surface area contributed by atoms with E-state index < -0.39 is 0 Å². The highest BCUT2D eigenvalue weighted by molar-refractivity contribution is 7.17. The van der Waals surface area contributed by atoms with Gasteiger partial charge in [-0.3, -0.25) is 4.79 Å². The molecule has 3 aromatic rings. The molecule has 1 amide bonds. The summed E-state index contributed by atoms with van der Waals surface area (Å²) in [5.74, 6) is -0.551. The smallest absolute Gasteiger partial charge is 0.267 e. The van der Waals surface area contributed by atoms with Crippen molar-refractivity contribution in [1.29, 1.82) is 0 Å². The third-order valence-electron chi connectivity index (χ3n) is 3.61. The maximum absolute atomic E-state index is 13.0. The first-order valence-electron chi connectivity index (χ1n) is 7.50. The Kier molecular flexibility index (Phi) is 5.01. The lowest BCUT2D eigenvalue weighted by Crippen LogP contribution is -2.12. The summed E-state index contributed by atoms with van der Waals surface area (Å²) in [5, 5.41) is 7.10. The van der Waals surface area contributed by atoms with E-state index in [1.54, 1.807) is 37.3 Å². The highest BCUT2D eigenvalue weighted by atomic mass is 35.5. The van der Waals surface area contributed by atoms with E-state index in [9.17, 15) is 9.18 Å². The van der Waals surface area contributed by atoms with Gasteiger partial charge in [-0.25, -0.2) is 9.37 Å². The maximum Gasteiger partial charge on any atom is 0.267 e. The van der Waals surface area contributed by atoms with Crippen LogP contribution in [0.3, 0.4) is 0 Å². The van der Waals surface area contributed by atoms with Crippen molar-refractivity contribution < 1.29 is 9.18 Å². The Morgan fingerprint density at radius 1 is 1.16 bits per heavy atom. The quantitative estimate of drug-likeness (QED) is 0.628. The molecule has 4 nitrogen and oxygen atoms in total. The fraction of sp³-hybridized carbons (Fsp3) is 0.111. The number of halogens is 2. The molecule has 0 saturated heterocycles. The zero-order valence-electron chi connectivity index (χ0n) is 13.6. The van der Waals surface area contributed by atoms with Crippen molar-refractivity contribution in [2.75, 3.05) is 10.6 Å². The van der Waals surface area contributed by atoms with Crippen LogP contribution in [0.15, 0.2) is 42.5 Å². The molecule has 0 fully saturated rings. The van der Waals surface area contributed by atoms with Crippen LogP contribution in [0.2, 0.25) is 5.02 Å². The summed E-state index contributed by atoms with van der Waals surface area (Å²) in [6, 6.07) is 11.3. The molecule has 0 saturated carbocycles. The molecule has 7 heteroatoms. The molecule has 2 N–H and O–H groups in total. The molecule has 128 valence electrons. The molecule has 25 heavy (non-hydrogen) atoms. The number of aryl methyl sites for hydroxylation is 1. The minimum absolute atomic E-state index is 0.243. The Morgan fingerprint density at radius 2 is 1.88 bits per heavy atom. The third-order valence-corrected chi connectivity index (χ3v) is 5.10. The second-order valence-corrected chi connectivity index (χ2v) is 6.84. The number of anilines is 3. The van der Waals surface area contributed by atoms with Gasteiger partial charge in [-0.2, -0.15) is 0 Å². The molecule has 0 bridgehead atoms. The second-order valence-electron chi connectivity index (χ2n) is 5.43. The molecule has 0 unspecified atom stereocenters. The van der Waals surface area contributed by atoms with Crippen LogP contribution in [0.5, 0.6) is 0 Å². The molecular weight excluding hydrogens is 361 g/mol. The van der Waals surface area contributed by atoms with Crippen LogP contribution in [0.4, 0.5) is 20.9 Å². The minimum Gasteiger partial charge on any atom is -0.332 e. The first kappa shape index (κ1) is 17.4. The zero-order chi connectivity index (χ0) is 18.0. The zero-order valence-corrected chi connectivity index (χ0v) is 15.1. The summed E-state index contributed by atoms with van der Waals surface area (Å²) in [4.78, 5) is 17.4. The van der Waals surface area contributed by atoms with E-state index in [2.05, 4.69) is 15.6 Å². The monoisotopic (exact) mass is 375 g/mol. The van der Waals surface area contributed by atoms with Crippen LogP contribution >= 0.6 is 22.9 Å². The van der Waals surface area contributed by atoms with Crippen LogP contribution in [0.1, 0.15) is 20.9 Å². The van der Waals surface area contributed by atoms with Gasteiger partial charge < -0.3 is 10.6 Å². The summed E-state index contributed by atoms with van der Waals surface area (Å²) in [7, 11) is 0. The summed E-state index contributed by atoms with van der Waals surface area (Å²) in [6.07, 6.45) is 0. The Balaban J connectivity index is 1.78. The summed E-state index contributed by atoms with van der Waals surface area (Å²) in [6.45, 7) is 3.62. The molecular formula is C18H15ClFN3OS. The van der Waals surface area contributed by atoms with Crippen molar-refractivity contribution in [2.45, 2.75) is 13.8 Å².